The second-order valence-corrected chi connectivity index (χ2v) is 30.1. The lowest BCUT2D eigenvalue weighted by molar-refractivity contribution is 0.134. The van der Waals surface area contributed by atoms with Crippen LogP contribution in [-0.4, -0.2) is 12.2 Å². The Kier molecular flexibility index (Phi) is 14.1. The Hall–Kier alpha value is -3.40. The Balaban J connectivity index is 1.64. The van der Waals surface area contributed by atoms with Crippen molar-refractivity contribution in [2.45, 2.75) is 236 Å². The van der Waals surface area contributed by atoms with Crippen molar-refractivity contribution in [2.75, 3.05) is 0 Å². The molecule has 4 aromatic carbocycles. The molecule has 0 N–H and O–H groups in total. The fourth-order valence-corrected chi connectivity index (χ4v) is 11.0. The van der Waals surface area contributed by atoms with Gasteiger partial charge in [0, 0.05) is 43.8 Å². The quantitative estimate of drug-likeness (QED) is 0.171. The van der Waals surface area contributed by atoms with Crippen LogP contribution in [0, 0.1) is 0 Å². The molecule has 68 heavy (non-hydrogen) atoms. The number of fused-ring (bicyclic) bond motifs is 6. The first-order valence-corrected chi connectivity index (χ1v) is 27.2. The van der Waals surface area contributed by atoms with Crippen LogP contribution in [0.3, 0.4) is 0 Å². The van der Waals surface area contributed by atoms with E-state index >= 15 is 0 Å². The second kappa shape index (κ2) is 17.7. The van der Waals surface area contributed by atoms with Crippen LogP contribution in [-0.2, 0) is 43.3 Å². The molecule has 0 unspecified atom stereocenters. The van der Waals surface area contributed by atoms with Gasteiger partial charge in [-0.15, -0.1) is 0 Å². The summed E-state index contributed by atoms with van der Waals surface area (Å²) in [5.41, 5.74) is 11.4. The maximum Gasteiger partial charge on any atom is 0.387 e. The van der Waals surface area contributed by atoms with Gasteiger partial charge in [-0.25, -0.2) is 0 Å². The van der Waals surface area contributed by atoms with E-state index in [9.17, 15) is 0 Å². The number of hydrogen-bond acceptors (Lipinski definition) is 6. The SMILES string of the molecule is C[C@@H](Op1oc2c(C(C)(C)C)cc(C(C)(C)C)cc2c2cc(C(C)(C)C)cc(C(C)(C)C)c2o1)[C@@H](C)Op1oc2c(C(C)(C)C)cc(C(C)(C)C)cc2c2cc(C(C)(C)C)cc(C(C)(C)C)c2o1. The standard InChI is InChI=1S/C60H88O6P2/c1-35(61-67-63-49-41(27-37(53(3,4)5)31-45(49)57(15,16)17)42-28-38(54(6,7)8)32-46(50(42)64-67)58(18,19)20)36(2)62-68-65-51-43(29-39(55(9,10)11)33-47(51)59(21,22)23)44-30-40(56(12,13)14)34-48(52(44)66-68)60(24,25)26/h27-36H,1-26H3/t35-,36-/m1/s1. The van der Waals surface area contributed by atoms with E-state index in [0.717, 1.165) is 66.1 Å². The Morgan fingerprint density at radius 2 is 0.471 bits per heavy atom. The maximum atomic E-state index is 7.17. The van der Waals surface area contributed by atoms with Crippen molar-refractivity contribution in [3.05, 3.63) is 93.0 Å². The average molecular weight is 967 g/mol. The predicted molar refractivity (Wildman–Crippen MR) is 294 cm³/mol. The van der Waals surface area contributed by atoms with Crippen LogP contribution in [0.4, 0.5) is 0 Å². The van der Waals surface area contributed by atoms with Crippen LogP contribution < -0.4 is 9.05 Å². The van der Waals surface area contributed by atoms with Crippen molar-refractivity contribution in [2.24, 2.45) is 0 Å². The fourth-order valence-electron chi connectivity index (χ4n) is 8.53. The molecule has 0 amide bonds. The molecule has 6 aromatic rings. The molecule has 8 heteroatoms. The number of rotatable bonds is 5. The molecule has 0 aliphatic carbocycles. The van der Waals surface area contributed by atoms with Crippen molar-refractivity contribution in [3.63, 3.8) is 0 Å². The summed E-state index contributed by atoms with van der Waals surface area (Å²) >= 11 is 0. The first kappa shape index (κ1) is 53.9. The van der Waals surface area contributed by atoms with E-state index in [1.54, 1.807) is 0 Å². The Morgan fingerprint density at radius 1 is 0.294 bits per heavy atom. The molecule has 2 heterocycles. The highest BCUT2D eigenvalue weighted by Gasteiger charge is 2.32. The van der Waals surface area contributed by atoms with Gasteiger partial charge in [-0.1, -0.05) is 190 Å². The van der Waals surface area contributed by atoms with Gasteiger partial charge in [0.05, 0.1) is 12.2 Å². The lowest BCUT2D eigenvalue weighted by Gasteiger charge is -2.27. The van der Waals surface area contributed by atoms with Crippen LogP contribution in [0.5, 0.6) is 0 Å². The zero-order valence-corrected chi connectivity index (χ0v) is 48.9. The van der Waals surface area contributed by atoms with E-state index in [-0.39, 0.29) is 43.3 Å². The van der Waals surface area contributed by atoms with Gasteiger partial charge in [0.2, 0.25) is 0 Å². The summed E-state index contributed by atoms with van der Waals surface area (Å²) in [4.78, 5) is 0. The summed E-state index contributed by atoms with van der Waals surface area (Å²) in [5.74, 6) is 0. The molecule has 0 saturated heterocycles. The topological polar surface area (TPSA) is 71.0 Å². The molecule has 0 fully saturated rings. The summed E-state index contributed by atoms with van der Waals surface area (Å²) < 4.78 is 42.8. The smallest absolute Gasteiger partial charge is 0.387 e. The summed E-state index contributed by atoms with van der Waals surface area (Å²) in [5, 5.41) is 4.14. The van der Waals surface area contributed by atoms with Crippen molar-refractivity contribution >= 4 is 60.4 Å². The number of benzene rings is 4. The highest BCUT2D eigenvalue weighted by molar-refractivity contribution is 7.32. The molecular formula is C60H88O6P2. The Bertz CT molecular complexity index is 2550. The third-order valence-electron chi connectivity index (χ3n) is 13.5. The minimum atomic E-state index is -1.98. The molecule has 0 aliphatic heterocycles. The van der Waals surface area contributed by atoms with E-state index in [1.165, 1.54) is 22.3 Å². The zero-order valence-electron chi connectivity index (χ0n) is 47.1. The first-order valence-electron chi connectivity index (χ1n) is 25.0. The largest absolute Gasteiger partial charge is 0.399 e. The third-order valence-corrected chi connectivity index (χ3v) is 15.8. The van der Waals surface area contributed by atoms with E-state index in [4.69, 9.17) is 25.8 Å². The molecule has 2 atom stereocenters. The minimum Gasteiger partial charge on any atom is -0.399 e. The molecule has 6 nitrogen and oxygen atoms in total. The lowest BCUT2D eigenvalue weighted by Crippen LogP contribution is -2.29. The van der Waals surface area contributed by atoms with Gasteiger partial charge in [0.25, 0.3) is 0 Å². The van der Waals surface area contributed by atoms with Crippen LogP contribution >= 0.6 is 16.5 Å². The van der Waals surface area contributed by atoms with Crippen LogP contribution in [0.1, 0.15) is 225 Å². The first-order chi connectivity index (χ1) is 30.6. The predicted octanol–water partition coefficient (Wildman–Crippen LogP) is 19.6. The third kappa shape index (κ3) is 11.4. The molecule has 6 rings (SSSR count). The normalized spacial score (nSPS) is 14.9. The summed E-state index contributed by atoms with van der Waals surface area (Å²) in [6, 6.07) is 18.6. The summed E-state index contributed by atoms with van der Waals surface area (Å²) in [7, 11) is -3.97. The van der Waals surface area contributed by atoms with Gasteiger partial charge in [-0.2, -0.15) is 0 Å². The molecule has 374 valence electrons. The van der Waals surface area contributed by atoms with Crippen LogP contribution in [0.25, 0.3) is 43.9 Å². The molecule has 2 aromatic heterocycles. The monoisotopic (exact) mass is 967 g/mol. The van der Waals surface area contributed by atoms with Gasteiger partial charge >= 0.3 is 16.5 Å². The van der Waals surface area contributed by atoms with Crippen LogP contribution in [0.15, 0.2) is 65.3 Å². The Labute approximate surface area is 413 Å². The number of hydrogen-bond donors (Lipinski definition) is 0. The van der Waals surface area contributed by atoms with Crippen molar-refractivity contribution in [3.8, 4) is 0 Å². The van der Waals surface area contributed by atoms with Crippen molar-refractivity contribution in [1.82, 2.24) is 0 Å². The molecule has 0 aliphatic rings. The van der Waals surface area contributed by atoms with Gasteiger partial charge in [-0.05, 0) is 104 Å². The lowest BCUT2D eigenvalue weighted by atomic mass is 9.77. The zero-order chi connectivity index (χ0) is 51.4. The van der Waals surface area contributed by atoms with Gasteiger partial charge in [-0.3, -0.25) is 9.05 Å². The highest BCUT2D eigenvalue weighted by atomic mass is 31.1. The molecule has 0 spiro atoms. The molecule has 0 bridgehead atoms. The van der Waals surface area contributed by atoms with E-state index in [1.807, 2.05) is 13.8 Å². The van der Waals surface area contributed by atoms with Crippen molar-refractivity contribution in [1.29, 1.82) is 0 Å². The van der Waals surface area contributed by atoms with Crippen LogP contribution in [0.2, 0.25) is 0 Å². The van der Waals surface area contributed by atoms with E-state index in [2.05, 4.69) is 215 Å². The molecule has 0 saturated carbocycles. The van der Waals surface area contributed by atoms with Crippen molar-refractivity contribution < 1.29 is 25.8 Å². The Morgan fingerprint density at radius 3 is 0.618 bits per heavy atom. The maximum absolute atomic E-state index is 7.17. The van der Waals surface area contributed by atoms with Gasteiger partial charge in [0.15, 0.2) is 0 Å². The molecule has 0 radical (unpaired) electrons. The minimum absolute atomic E-state index is 0.102. The summed E-state index contributed by atoms with van der Waals surface area (Å²) in [6.07, 6.45) is -0.977. The average Bonchev–Trinajstić information content (AvgIpc) is 3.40. The molecular weight excluding hydrogens is 879 g/mol. The second-order valence-electron chi connectivity index (χ2n) is 28.0. The van der Waals surface area contributed by atoms with Gasteiger partial charge < -0.3 is 16.8 Å². The van der Waals surface area contributed by atoms with E-state index < -0.39 is 28.7 Å². The highest BCUT2D eigenvalue weighted by Crippen LogP contribution is 2.48. The van der Waals surface area contributed by atoms with Gasteiger partial charge in [0.1, 0.15) is 22.3 Å². The summed E-state index contributed by atoms with van der Waals surface area (Å²) in [6.45, 7) is 58.5. The fraction of sp³-hybridized carbons (Fsp3) is 0.600. The van der Waals surface area contributed by atoms with E-state index in [0.29, 0.717) is 0 Å².